The molecule has 8 heteroatoms. The molecule has 1 saturated heterocycles. The largest absolute Gasteiger partial charge is 0.481 e. The average Bonchev–Trinajstić information content (AvgIpc) is 2.46. The standard InChI is InChI=1S/C14H18ClN3O4/c1-8(2)13-16-6-10(15)12(17-13)14(21)18-3-4-22-9(7-18)5-11(19)20/h6,8-9H,3-5,7H2,1-2H3,(H,19,20)/t9-/m1/s1. The molecular weight excluding hydrogens is 310 g/mol. The lowest BCUT2D eigenvalue weighted by atomic mass is 10.2. The summed E-state index contributed by atoms with van der Waals surface area (Å²) in [4.78, 5) is 33.2. The molecule has 22 heavy (non-hydrogen) atoms. The first-order valence-corrected chi connectivity index (χ1v) is 7.41. The third-order valence-electron chi connectivity index (χ3n) is 3.31. The van der Waals surface area contributed by atoms with Crippen LogP contribution < -0.4 is 0 Å². The van der Waals surface area contributed by atoms with Gasteiger partial charge in [0.1, 0.15) is 5.82 Å². The SMILES string of the molecule is CC(C)c1ncc(Cl)c(C(=O)N2CCO[C@H](CC(=O)O)C2)n1. The van der Waals surface area contributed by atoms with E-state index in [1.807, 2.05) is 13.8 Å². The first-order chi connectivity index (χ1) is 10.4. The van der Waals surface area contributed by atoms with Crippen molar-refractivity contribution in [2.24, 2.45) is 0 Å². The number of halogens is 1. The van der Waals surface area contributed by atoms with Crippen LogP contribution in [0.5, 0.6) is 0 Å². The number of morpholine rings is 1. The zero-order chi connectivity index (χ0) is 16.3. The summed E-state index contributed by atoms with van der Waals surface area (Å²) in [5.41, 5.74) is 0.149. The second kappa shape index (κ2) is 7.02. The minimum atomic E-state index is -0.957. The molecule has 2 rings (SSSR count). The fraction of sp³-hybridized carbons (Fsp3) is 0.571. The topological polar surface area (TPSA) is 92.6 Å². The molecule has 1 amide bonds. The van der Waals surface area contributed by atoms with E-state index in [-0.39, 0.29) is 35.5 Å². The first kappa shape index (κ1) is 16.6. The first-order valence-electron chi connectivity index (χ1n) is 7.03. The Morgan fingerprint density at radius 1 is 1.55 bits per heavy atom. The molecule has 1 fully saturated rings. The van der Waals surface area contributed by atoms with Gasteiger partial charge in [-0.1, -0.05) is 25.4 Å². The number of amides is 1. The van der Waals surface area contributed by atoms with E-state index >= 15 is 0 Å². The van der Waals surface area contributed by atoms with E-state index in [9.17, 15) is 9.59 Å². The van der Waals surface area contributed by atoms with Crippen molar-refractivity contribution in [1.82, 2.24) is 14.9 Å². The van der Waals surface area contributed by atoms with Gasteiger partial charge < -0.3 is 14.7 Å². The van der Waals surface area contributed by atoms with Crippen molar-refractivity contribution in [3.63, 3.8) is 0 Å². The van der Waals surface area contributed by atoms with E-state index < -0.39 is 12.1 Å². The van der Waals surface area contributed by atoms with Gasteiger partial charge in [0.25, 0.3) is 5.91 Å². The number of carbonyl (C=O) groups is 2. The highest BCUT2D eigenvalue weighted by Gasteiger charge is 2.28. The Bertz CT molecular complexity index is 579. The second-order valence-corrected chi connectivity index (χ2v) is 5.83. The molecule has 0 bridgehead atoms. The molecule has 0 radical (unpaired) electrons. The molecule has 1 aliphatic heterocycles. The molecule has 0 unspecified atom stereocenters. The van der Waals surface area contributed by atoms with Gasteiger partial charge in [-0.3, -0.25) is 9.59 Å². The van der Waals surface area contributed by atoms with Crippen molar-refractivity contribution in [2.75, 3.05) is 19.7 Å². The lowest BCUT2D eigenvalue weighted by Crippen LogP contribution is -2.46. The second-order valence-electron chi connectivity index (χ2n) is 5.42. The van der Waals surface area contributed by atoms with Crippen LogP contribution in [0.4, 0.5) is 0 Å². The van der Waals surface area contributed by atoms with Crippen molar-refractivity contribution in [1.29, 1.82) is 0 Å². The summed E-state index contributed by atoms with van der Waals surface area (Å²) >= 11 is 6.04. The van der Waals surface area contributed by atoms with E-state index in [2.05, 4.69) is 9.97 Å². The summed E-state index contributed by atoms with van der Waals surface area (Å²) in [6, 6.07) is 0. The van der Waals surface area contributed by atoms with Gasteiger partial charge in [-0.05, 0) is 0 Å². The predicted molar refractivity (Wildman–Crippen MR) is 79.0 cm³/mol. The summed E-state index contributed by atoms with van der Waals surface area (Å²) in [5, 5.41) is 9.01. The minimum absolute atomic E-state index is 0.0771. The molecule has 7 nitrogen and oxygen atoms in total. The molecule has 2 heterocycles. The van der Waals surface area contributed by atoms with Crippen LogP contribution in [0.3, 0.4) is 0 Å². The molecule has 1 aliphatic rings. The number of carboxylic acids is 1. The fourth-order valence-corrected chi connectivity index (χ4v) is 2.35. The van der Waals surface area contributed by atoms with E-state index in [0.717, 1.165) is 0 Å². The highest BCUT2D eigenvalue weighted by atomic mass is 35.5. The number of carbonyl (C=O) groups excluding carboxylic acids is 1. The highest BCUT2D eigenvalue weighted by molar-refractivity contribution is 6.33. The average molecular weight is 328 g/mol. The normalized spacial score (nSPS) is 18.5. The monoisotopic (exact) mass is 327 g/mol. The van der Waals surface area contributed by atoms with Crippen molar-refractivity contribution in [3.05, 3.63) is 22.7 Å². The van der Waals surface area contributed by atoms with E-state index in [4.69, 9.17) is 21.4 Å². The van der Waals surface area contributed by atoms with Crippen LogP contribution in [0, 0.1) is 0 Å². The van der Waals surface area contributed by atoms with E-state index in [1.165, 1.54) is 11.1 Å². The zero-order valence-corrected chi connectivity index (χ0v) is 13.2. The van der Waals surface area contributed by atoms with Gasteiger partial charge in [0.05, 0.1) is 30.4 Å². The molecular formula is C14H18ClN3O4. The molecule has 0 spiro atoms. The van der Waals surface area contributed by atoms with Crippen molar-refractivity contribution in [2.45, 2.75) is 32.3 Å². The van der Waals surface area contributed by atoms with Crippen LogP contribution in [0.2, 0.25) is 5.02 Å². The number of rotatable bonds is 4. The third kappa shape index (κ3) is 3.92. The van der Waals surface area contributed by atoms with Crippen molar-refractivity contribution >= 4 is 23.5 Å². The Morgan fingerprint density at radius 3 is 2.91 bits per heavy atom. The van der Waals surface area contributed by atoms with Gasteiger partial charge >= 0.3 is 5.97 Å². The lowest BCUT2D eigenvalue weighted by molar-refractivity contribution is -0.141. The van der Waals surface area contributed by atoms with Crippen LogP contribution in [-0.4, -0.2) is 57.7 Å². The van der Waals surface area contributed by atoms with Crippen LogP contribution in [0.1, 0.15) is 42.5 Å². The Labute approximate surface area is 133 Å². The molecule has 1 atom stereocenters. The number of aromatic nitrogens is 2. The molecule has 1 aromatic heterocycles. The highest BCUT2D eigenvalue weighted by Crippen LogP contribution is 2.19. The van der Waals surface area contributed by atoms with Crippen LogP contribution >= 0.6 is 11.6 Å². The lowest BCUT2D eigenvalue weighted by Gasteiger charge is -2.32. The summed E-state index contributed by atoms with van der Waals surface area (Å²) < 4.78 is 5.36. The Balaban J connectivity index is 2.17. The van der Waals surface area contributed by atoms with Gasteiger partial charge in [0.15, 0.2) is 5.69 Å². The Kier molecular flexibility index (Phi) is 5.31. The molecule has 0 aromatic carbocycles. The number of hydrogen-bond donors (Lipinski definition) is 1. The molecule has 0 saturated carbocycles. The number of carboxylic acid groups (broad SMARTS) is 1. The summed E-state index contributed by atoms with van der Waals surface area (Å²) in [6.07, 6.45) is 0.769. The van der Waals surface area contributed by atoms with Crippen molar-refractivity contribution in [3.8, 4) is 0 Å². The third-order valence-corrected chi connectivity index (χ3v) is 3.59. The maximum Gasteiger partial charge on any atom is 0.306 e. The Morgan fingerprint density at radius 2 is 2.27 bits per heavy atom. The van der Waals surface area contributed by atoms with Gasteiger partial charge in [-0.2, -0.15) is 0 Å². The van der Waals surface area contributed by atoms with E-state index in [0.29, 0.717) is 19.0 Å². The number of aliphatic carboxylic acids is 1. The van der Waals surface area contributed by atoms with Gasteiger partial charge in [-0.15, -0.1) is 0 Å². The smallest absolute Gasteiger partial charge is 0.306 e. The Hall–Kier alpha value is -1.73. The zero-order valence-electron chi connectivity index (χ0n) is 12.5. The quantitative estimate of drug-likeness (QED) is 0.902. The van der Waals surface area contributed by atoms with Gasteiger partial charge in [0, 0.05) is 19.0 Å². The maximum atomic E-state index is 12.6. The van der Waals surface area contributed by atoms with E-state index in [1.54, 1.807) is 0 Å². The van der Waals surface area contributed by atoms with Gasteiger partial charge in [-0.25, -0.2) is 9.97 Å². The number of hydrogen-bond acceptors (Lipinski definition) is 5. The number of ether oxygens (including phenoxy) is 1. The van der Waals surface area contributed by atoms with Crippen LogP contribution in [-0.2, 0) is 9.53 Å². The number of nitrogens with zero attached hydrogens (tertiary/aromatic N) is 3. The summed E-state index contributed by atoms with van der Waals surface area (Å²) in [7, 11) is 0. The fourth-order valence-electron chi connectivity index (χ4n) is 2.18. The molecule has 0 aliphatic carbocycles. The molecule has 1 N–H and O–H groups in total. The molecule has 120 valence electrons. The maximum absolute atomic E-state index is 12.6. The predicted octanol–water partition coefficient (Wildman–Crippen LogP) is 1.57. The van der Waals surface area contributed by atoms with Crippen molar-refractivity contribution < 1.29 is 19.4 Å². The van der Waals surface area contributed by atoms with Crippen LogP contribution in [0.25, 0.3) is 0 Å². The van der Waals surface area contributed by atoms with Gasteiger partial charge in [0.2, 0.25) is 0 Å². The summed E-state index contributed by atoms with van der Waals surface area (Å²) in [6.45, 7) is 4.74. The summed E-state index contributed by atoms with van der Waals surface area (Å²) in [5.74, 6) is -0.661. The minimum Gasteiger partial charge on any atom is -0.481 e. The molecule has 1 aromatic rings. The van der Waals surface area contributed by atoms with Crippen LogP contribution in [0.15, 0.2) is 6.20 Å².